The average Bonchev–Trinajstić information content (AvgIpc) is 2.88. The van der Waals surface area contributed by atoms with Crippen LogP contribution >= 0.6 is 0 Å². The highest BCUT2D eigenvalue weighted by Crippen LogP contribution is 2.36. The lowest BCUT2D eigenvalue weighted by atomic mass is 9.72. The van der Waals surface area contributed by atoms with E-state index < -0.39 is 5.41 Å². The van der Waals surface area contributed by atoms with Crippen molar-refractivity contribution in [1.82, 2.24) is 9.80 Å². The van der Waals surface area contributed by atoms with Gasteiger partial charge in [0, 0.05) is 46.4 Å². The van der Waals surface area contributed by atoms with Gasteiger partial charge in [-0.3, -0.25) is 9.59 Å². The lowest BCUT2D eigenvalue weighted by molar-refractivity contribution is -0.136. The van der Waals surface area contributed by atoms with E-state index in [1.807, 2.05) is 73.7 Å². The Morgan fingerprint density at radius 1 is 0.865 bits per heavy atom. The zero-order valence-corrected chi connectivity index (χ0v) is 23.1. The van der Waals surface area contributed by atoms with E-state index >= 15 is 0 Å². The molecule has 0 fully saturated rings. The van der Waals surface area contributed by atoms with Crippen molar-refractivity contribution in [3.8, 4) is 5.75 Å². The highest BCUT2D eigenvalue weighted by Gasteiger charge is 2.37. The second-order valence-electron chi connectivity index (χ2n) is 9.99. The van der Waals surface area contributed by atoms with Crippen LogP contribution in [0.2, 0.25) is 0 Å². The lowest BCUT2D eigenvalue weighted by Gasteiger charge is -2.36. The van der Waals surface area contributed by atoms with E-state index in [9.17, 15) is 9.59 Å². The summed E-state index contributed by atoms with van der Waals surface area (Å²) in [5, 5.41) is 0. The van der Waals surface area contributed by atoms with Crippen molar-refractivity contribution in [2.45, 2.75) is 33.0 Å². The topological polar surface area (TPSA) is 68.3 Å². The summed E-state index contributed by atoms with van der Waals surface area (Å²) in [4.78, 5) is 28.7. The molecule has 0 aliphatic carbocycles. The van der Waals surface area contributed by atoms with Crippen LogP contribution in [0.3, 0.4) is 0 Å². The van der Waals surface area contributed by atoms with E-state index in [2.05, 4.69) is 0 Å². The fourth-order valence-corrected chi connectivity index (χ4v) is 3.87. The maximum absolute atomic E-state index is 12.8. The van der Waals surface area contributed by atoms with Crippen LogP contribution in [0.1, 0.15) is 30.9 Å². The molecule has 2 aromatic rings. The van der Waals surface area contributed by atoms with Gasteiger partial charge >= 0.3 is 0 Å². The monoisotopic (exact) mass is 510 g/mol. The molecular formula is C30H42N2O5. The Labute approximate surface area is 222 Å². The number of ether oxygens (including phenoxy) is 3. The van der Waals surface area contributed by atoms with Crippen LogP contribution in [0.4, 0.5) is 0 Å². The van der Waals surface area contributed by atoms with Crippen molar-refractivity contribution in [2.24, 2.45) is 11.3 Å². The van der Waals surface area contributed by atoms with Crippen LogP contribution in [0.5, 0.6) is 5.75 Å². The number of hydrogen-bond acceptors (Lipinski definition) is 5. The van der Waals surface area contributed by atoms with E-state index in [-0.39, 0.29) is 30.6 Å². The molecule has 0 aliphatic heterocycles. The van der Waals surface area contributed by atoms with E-state index in [0.717, 1.165) is 16.9 Å². The first-order valence-electron chi connectivity index (χ1n) is 12.5. The minimum absolute atomic E-state index is 0.000359. The third-order valence-electron chi connectivity index (χ3n) is 6.40. The summed E-state index contributed by atoms with van der Waals surface area (Å²) in [5.74, 6) is 0.586. The molecule has 37 heavy (non-hydrogen) atoms. The summed E-state index contributed by atoms with van der Waals surface area (Å²) in [5.41, 5.74) is 1.52. The first-order valence-corrected chi connectivity index (χ1v) is 12.5. The van der Waals surface area contributed by atoms with Crippen LogP contribution in [-0.4, -0.2) is 70.1 Å². The number of benzene rings is 2. The molecule has 0 aliphatic rings. The first-order chi connectivity index (χ1) is 17.6. The Bertz CT molecular complexity index is 989. The Morgan fingerprint density at radius 2 is 1.46 bits per heavy atom. The number of carbonyl (C=O) groups is 2. The van der Waals surface area contributed by atoms with Crippen LogP contribution in [-0.2, 0) is 32.3 Å². The van der Waals surface area contributed by atoms with Gasteiger partial charge in [-0.25, -0.2) is 0 Å². The normalized spacial score (nSPS) is 13.7. The van der Waals surface area contributed by atoms with Gasteiger partial charge in [-0.05, 0) is 29.2 Å². The molecule has 0 saturated carbocycles. The lowest BCUT2D eigenvalue weighted by Crippen LogP contribution is -2.39. The first kappa shape index (κ1) is 30.1. The van der Waals surface area contributed by atoms with Crippen molar-refractivity contribution in [1.29, 1.82) is 0 Å². The van der Waals surface area contributed by atoms with Gasteiger partial charge in [-0.15, -0.1) is 0 Å². The van der Waals surface area contributed by atoms with E-state index in [1.54, 1.807) is 45.1 Å². The number of methoxy groups -OCH3 is 1. The number of hydrogen-bond donors (Lipinski definition) is 0. The number of nitrogens with zero attached hydrogens (tertiary/aromatic N) is 2. The predicted molar refractivity (Wildman–Crippen MR) is 146 cm³/mol. The summed E-state index contributed by atoms with van der Waals surface area (Å²) >= 11 is 0. The van der Waals surface area contributed by atoms with Crippen molar-refractivity contribution in [2.75, 3.05) is 48.5 Å². The summed E-state index contributed by atoms with van der Waals surface area (Å²) in [6.07, 6.45) is 4.47. The van der Waals surface area contributed by atoms with Gasteiger partial charge in [0.25, 0.3) is 0 Å². The zero-order chi connectivity index (χ0) is 27.3. The quantitative estimate of drug-likeness (QED) is 0.260. The summed E-state index contributed by atoms with van der Waals surface area (Å²) in [7, 11) is 8.62. The maximum atomic E-state index is 12.8. The SMILES string of the molecule is COc1ccc(COC/C=C/[C@H](CC(=O)N(C)C)[C@](C)(COCc2ccccc2)CC(=O)N(C)C)cc1. The Balaban J connectivity index is 2.14. The van der Waals surface area contributed by atoms with Gasteiger partial charge in [-0.2, -0.15) is 0 Å². The molecule has 2 aromatic carbocycles. The van der Waals surface area contributed by atoms with E-state index in [4.69, 9.17) is 14.2 Å². The third kappa shape index (κ3) is 10.4. The van der Waals surface area contributed by atoms with E-state index in [1.165, 1.54) is 0 Å². The maximum Gasteiger partial charge on any atom is 0.222 e. The standard InChI is InChI=1S/C30H42N2O5/c1-30(20-29(34)32(4)5,23-37-22-24-11-8-7-9-12-24)26(19-28(33)31(2)3)13-10-18-36-21-25-14-16-27(35-6)17-15-25/h7-17,26H,18-23H2,1-6H3/b13-10+/t26-,30+/m1/s1. The second-order valence-corrected chi connectivity index (χ2v) is 9.99. The molecule has 7 heteroatoms. The van der Waals surface area contributed by atoms with Gasteiger partial charge < -0.3 is 24.0 Å². The number of allylic oxidation sites excluding steroid dienone is 1. The van der Waals surface area contributed by atoms with Gasteiger partial charge in [0.15, 0.2) is 0 Å². The van der Waals surface area contributed by atoms with Crippen molar-refractivity contribution in [3.05, 3.63) is 77.9 Å². The number of amides is 2. The second kappa shape index (κ2) is 15.2. The van der Waals surface area contributed by atoms with Crippen LogP contribution in [0.25, 0.3) is 0 Å². The van der Waals surface area contributed by atoms with Gasteiger partial charge in [0.2, 0.25) is 11.8 Å². The molecule has 202 valence electrons. The number of rotatable bonds is 15. The fourth-order valence-electron chi connectivity index (χ4n) is 3.87. The molecule has 7 nitrogen and oxygen atoms in total. The molecule has 0 bridgehead atoms. The van der Waals surface area contributed by atoms with Crippen molar-refractivity contribution < 1.29 is 23.8 Å². The zero-order valence-electron chi connectivity index (χ0n) is 23.1. The minimum Gasteiger partial charge on any atom is -0.497 e. The third-order valence-corrected chi connectivity index (χ3v) is 6.40. The number of carbonyl (C=O) groups excluding carboxylic acids is 2. The molecule has 0 saturated heterocycles. The van der Waals surface area contributed by atoms with Gasteiger partial charge in [0.1, 0.15) is 5.75 Å². The molecule has 0 spiro atoms. The molecule has 0 aromatic heterocycles. The highest BCUT2D eigenvalue weighted by atomic mass is 16.5. The Morgan fingerprint density at radius 3 is 2.05 bits per heavy atom. The molecule has 0 heterocycles. The average molecular weight is 511 g/mol. The molecular weight excluding hydrogens is 468 g/mol. The molecule has 0 unspecified atom stereocenters. The largest absolute Gasteiger partial charge is 0.497 e. The van der Waals surface area contributed by atoms with Crippen LogP contribution in [0.15, 0.2) is 66.7 Å². The fraction of sp³-hybridized carbons (Fsp3) is 0.467. The Kier molecular flexibility index (Phi) is 12.3. The predicted octanol–water partition coefficient (Wildman–Crippen LogP) is 4.56. The molecule has 2 amide bonds. The highest BCUT2D eigenvalue weighted by molar-refractivity contribution is 5.78. The van der Waals surface area contributed by atoms with Crippen LogP contribution < -0.4 is 4.74 Å². The molecule has 0 N–H and O–H groups in total. The molecule has 2 rings (SSSR count). The molecule has 2 atom stereocenters. The minimum atomic E-state index is -0.589. The van der Waals surface area contributed by atoms with Gasteiger partial charge in [0.05, 0.1) is 33.5 Å². The smallest absolute Gasteiger partial charge is 0.222 e. The van der Waals surface area contributed by atoms with Gasteiger partial charge in [-0.1, -0.05) is 61.5 Å². The molecule has 0 radical (unpaired) electrons. The summed E-state index contributed by atoms with van der Waals surface area (Å²) in [6, 6.07) is 17.7. The van der Waals surface area contributed by atoms with Crippen LogP contribution in [0, 0.1) is 11.3 Å². The van der Waals surface area contributed by atoms with E-state index in [0.29, 0.717) is 26.4 Å². The summed E-state index contributed by atoms with van der Waals surface area (Å²) in [6.45, 7) is 3.66. The Hall–Kier alpha value is -3.16. The van der Waals surface area contributed by atoms with Crippen molar-refractivity contribution in [3.63, 3.8) is 0 Å². The van der Waals surface area contributed by atoms with Crippen molar-refractivity contribution >= 4 is 11.8 Å². The summed E-state index contributed by atoms with van der Waals surface area (Å²) < 4.78 is 17.2.